The molecule has 0 fully saturated rings. The van der Waals surface area contributed by atoms with Crippen LogP contribution >= 0.6 is 0 Å². The number of hydrogen-bond acceptors (Lipinski definition) is 8. The molecule has 0 aliphatic rings. The number of rotatable bonds is 18. The first kappa shape index (κ1) is 38.8. The second kappa shape index (κ2) is 18.8. The smallest absolute Gasteiger partial charge is 0.416 e. The van der Waals surface area contributed by atoms with Gasteiger partial charge in [0.15, 0.2) is 0 Å². The third-order valence-electron chi connectivity index (χ3n) is 8.74. The van der Waals surface area contributed by atoms with Crippen LogP contribution in [0.2, 0.25) is 0 Å². The van der Waals surface area contributed by atoms with Crippen molar-refractivity contribution in [1.82, 2.24) is 9.21 Å². The van der Waals surface area contributed by atoms with Crippen molar-refractivity contribution in [2.75, 3.05) is 20.3 Å². The lowest BCUT2D eigenvalue weighted by molar-refractivity contribution is -0.133. The molecule has 3 aromatic rings. The van der Waals surface area contributed by atoms with E-state index in [-0.39, 0.29) is 24.0 Å². The predicted molar refractivity (Wildman–Crippen MR) is 186 cm³/mol. The van der Waals surface area contributed by atoms with Crippen LogP contribution in [-0.4, -0.2) is 78.2 Å². The van der Waals surface area contributed by atoms with Crippen molar-refractivity contribution in [3.05, 3.63) is 102 Å². The zero-order valence-electron chi connectivity index (χ0n) is 28.4. The van der Waals surface area contributed by atoms with Crippen LogP contribution in [0.4, 0.5) is 4.79 Å². The lowest BCUT2D eigenvalue weighted by atomic mass is 9.84. The van der Waals surface area contributed by atoms with Crippen molar-refractivity contribution in [3.63, 3.8) is 0 Å². The number of imide groups is 1. The van der Waals surface area contributed by atoms with Gasteiger partial charge in [-0.3, -0.25) is 4.79 Å². The summed E-state index contributed by atoms with van der Waals surface area (Å²) in [5.74, 6) is -0.866. The molecular formula is C37H51N3O7S. The average Bonchev–Trinajstić information content (AvgIpc) is 3.10. The van der Waals surface area contributed by atoms with Crippen molar-refractivity contribution >= 4 is 22.0 Å². The Kier molecular flexibility index (Phi) is 15.2. The van der Waals surface area contributed by atoms with E-state index < -0.39 is 52.7 Å². The highest BCUT2D eigenvalue weighted by atomic mass is 32.2. The number of hydrogen-bond donors (Lipinski definition) is 3. The van der Waals surface area contributed by atoms with Crippen molar-refractivity contribution in [2.24, 2.45) is 11.7 Å². The van der Waals surface area contributed by atoms with Gasteiger partial charge in [-0.05, 0) is 66.8 Å². The van der Waals surface area contributed by atoms with Crippen LogP contribution in [0, 0.1) is 5.92 Å². The number of nitrogens with two attached hydrogens (primary N) is 1. The summed E-state index contributed by atoms with van der Waals surface area (Å²) in [6.07, 6.45) is 1.27. The van der Waals surface area contributed by atoms with E-state index in [9.17, 15) is 28.2 Å². The van der Waals surface area contributed by atoms with E-state index in [0.717, 1.165) is 16.0 Å². The molecule has 10 nitrogen and oxygen atoms in total. The maximum Gasteiger partial charge on any atom is 0.416 e. The minimum absolute atomic E-state index is 0.0798. The van der Waals surface area contributed by atoms with Crippen LogP contribution in [0.3, 0.4) is 0 Å². The number of amides is 2. The molecule has 4 N–H and O–H groups in total. The van der Waals surface area contributed by atoms with Gasteiger partial charge in [0.2, 0.25) is 15.9 Å². The minimum atomic E-state index is -3.97. The normalized spacial score (nSPS) is 13.8. The molecule has 3 aromatic carbocycles. The highest BCUT2D eigenvalue weighted by Gasteiger charge is 2.38. The molecule has 48 heavy (non-hydrogen) atoms. The number of aliphatic hydroxyl groups excluding tert-OH is 2. The number of benzene rings is 3. The molecule has 0 unspecified atom stereocenters. The quantitative estimate of drug-likeness (QED) is 0.164. The van der Waals surface area contributed by atoms with Crippen LogP contribution in [0.5, 0.6) is 0 Å². The van der Waals surface area contributed by atoms with Crippen LogP contribution < -0.4 is 5.73 Å². The van der Waals surface area contributed by atoms with Crippen LogP contribution in [0.1, 0.15) is 75.5 Å². The summed E-state index contributed by atoms with van der Waals surface area (Å²) in [4.78, 5) is 28.5. The summed E-state index contributed by atoms with van der Waals surface area (Å²) in [5.41, 5.74) is 8.97. The van der Waals surface area contributed by atoms with Gasteiger partial charge in [-0.2, -0.15) is 4.31 Å². The molecule has 0 heterocycles. The fourth-order valence-corrected chi connectivity index (χ4v) is 7.63. The largest absolute Gasteiger partial charge is 0.452 e. The zero-order chi connectivity index (χ0) is 35.3. The molecule has 3 atom stereocenters. The molecule has 3 rings (SSSR count). The summed E-state index contributed by atoms with van der Waals surface area (Å²) < 4.78 is 34.1. The first-order valence-electron chi connectivity index (χ1n) is 16.6. The van der Waals surface area contributed by atoms with Crippen molar-refractivity contribution < 1.29 is 33.0 Å². The first-order chi connectivity index (χ1) is 23.0. The van der Waals surface area contributed by atoms with Crippen molar-refractivity contribution in [2.45, 2.75) is 88.4 Å². The molecule has 0 saturated heterocycles. The molecule has 0 radical (unpaired) electrons. The molecule has 11 heteroatoms. The average molecular weight is 682 g/mol. The van der Waals surface area contributed by atoms with E-state index in [1.165, 1.54) is 23.5 Å². The van der Waals surface area contributed by atoms with Crippen LogP contribution in [-0.2, 0) is 26.2 Å². The maximum atomic E-state index is 14.1. The zero-order valence-corrected chi connectivity index (χ0v) is 29.3. The lowest BCUT2D eigenvalue weighted by Gasteiger charge is -2.34. The number of methoxy groups -OCH3 is 1. The Hall–Kier alpha value is -3.61. The van der Waals surface area contributed by atoms with Crippen LogP contribution in [0.25, 0.3) is 0 Å². The topological polar surface area (TPSA) is 150 Å². The second-order valence-corrected chi connectivity index (χ2v) is 14.3. The minimum Gasteiger partial charge on any atom is -0.452 e. The lowest BCUT2D eigenvalue weighted by Crippen LogP contribution is -2.53. The number of sulfonamides is 1. The van der Waals surface area contributed by atoms with Gasteiger partial charge in [0.05, 0.1) is 31.3 Å². The number of nitrogens with zero attached hydrogens (tertiary/aromatic N) is 2. The number of carbonyl (C=O) groups excluding carboxylic acids is 2. The van der Waals surface area contributed by atoms with E-state index in [2.05, 4.69) is 0 Å². The summed E-state index contributed by atoms with van der Waals surface area (Å²) in [5, 5.41) is 19.9. The van der Waals surface area contributed by atoms with Gasteiger partial charge >= 0.3 is 6.09 Å². The number of ether oxygens (including phenoxy) is 1. The number of carbonyl (C=O) groups is 2. The summed E-state index contributed by atoms with van der Waals surface area (Å²) in [6, 6.07) is 22.5. The molecule has 0 aliphatic carbocycles. The fraction of sp³-hybridized carbons (Fsp3) is 0.459. The molecule has 0 aliphatic heterocycles. The summed E-state index contributed by atoms with van der Waals surface area (Å²) in [7, 11) is -2.75. The summed E-state index contributed by atoms with van der Waals surface area (Å²) in [6.45, 7) is 5.48. The molecule has 0 aromatic heterocycles. The Labute approximate surface area is 285 Å². The van der Waals surface area contributed by atoms with Gasteiger partial charge in [-0.15, -0.1) is 0 Å². The van der Waals surface area contributed by atoms with Gasteiger partial charge in [-0.25, -0.2) is 18.1 Å². The highest BCUT2D eigenvalue weighted by molar-refractivity contribution is 7.89. The first-order valence-corrected chi connectivity index (χ1v) is 18.0. The molecule has 0 saturated carbocycles. The van der Waals surface area contributed by atoms with E-state index in [1.54, 1.807) is 12.1 Å². The Bertz CT molecular complexity index is 1480. The molecule has 0 bridgehead atoms. The molecule has 262 valence electrons. The highest BCUT2D eigenvalue weighted by Crippen LogP contribution is 2.30. The van der Waals surface area contributed by atoms with E-state index in [0.29, 0.717) is 37.7 Å². The van der Waals surface area contributed by atoms with Gasteiger partial charge < -0.3 is 20.7 Å². The van der Waals surface area contributed by atoms with E-state index in [4.69, 9.17) is 10.5 Å². The van der Waals surface area contributed by atoms with Gasteiger partial charge in [0.1, 0.15) is 0 Å². The van der Waals surface area contributed by atoms with Crippen molar-refractivity contribution in [1.29, 1.82) is 0 Å². The molecule has 0 spiro atoms. The number of aliphatic hydroxyl groups is 2. The van der Waals surface area contributed by atoms with E-state index in [1.807, 2.05) is 81.4 Å². The summed E-state index contributed by atoms with van der Waals surface area (Å²) >= 11 is 0. The molecular weight excluding hydrogens is 630 g/mol. The van der Waals surface area contributed by atoms with Crippen LogP contribution in [0.15, 0.2) is 89.8 Å². The van der Waals surface area contributed by atoms with Gasteiger partial charge in [0.25, 0.3) is 0 Å². The Morgan fingerprint density at radius 1 is 0.833 bits per heavy atom. The van der Waals surface area contributed by atoms with Gasteiger partial charge in [-0.1, -0.05) is 93.6 Å². The Balaban J connectivity index is 1.85. The molecule has 2 amide bonds. The Morgan fingerprint density at radius 2 is 1.38 bits per heavy atom. The third kappa shape index (κ3) is 9.96. The van der Waals surface area contributed by atoms with Crippen molar-refractivity contribution in [3.8, 4) is 0 Å². The third-order valence-corrected chi connectivity index (χ3v) is 10.7. The van der Waals surface area contributed by atoms with E-state index >= 15 is 0 Å². The predicted octanol–water partition coefficient (Wildman–Crippen LogP) is 5.28. The second-order valence-electron chi connectivity index (χ2n) is 12.4. The SMILES string of the molecule is CC[C@@H](CCC[C@@H](CO)N(CCC(C)C)S(=O)(=O)c1ccc(CO)cc1)N(C(=O)OC)C(=O)[C@@H](N)C(c1ccccc1)c1ccccc1. The Morgan fingerprint density at radius 3 is 1.83 bits per heavy atom. The standard InChI is InChI=1S/C37H51N3O7S/c1-5-31(17-12-18-32(26-42)39(24-23-27(2)3)48(45,46)33-21-19-28(25-41)20-22-33)40(37(44)47-4)36(43)35(38)34(29-13-8-6-9-14-29)30-15-10-7-11-16-30/h6-11,13-16,19-22,27,31-32,34-35,41-42H,5,12,17-18,23-26,38H2,1-4H3/t31-,32-,35-/m0/s1. The fourth-order valence-electron chi connectivity index (χ4n) is 5.97. The maximum absolute atomic E-state index is 14.1. The monoisotopic (exact) mass is 681 g/mol. The van der Waals surface area contributed by atoms with Gasteiger partial charge in [0, 0.05) is 24.5 Å².